The van der Waals surface area contributed by atoms with Gasteiger partial charge in [0.15, 0.2) is 11.6 Å². The first kappa shape index (κ1) is 11.3. The Bertz CT molecular complexity index is 613. The number of hydrogen-bond donors (Lipinski definition) is 1. The molecule has 2 rings (SSSR count). The number of nitrogens with zero attached hydrogens (tertiary/aromatic N) is 1. The fourth-order valence-corrected chi connectivity index (χ4v) is 1.44. The molecule has 1 aromatic carbocycles. The van der Waals surface area contributed by atoms with Gasteiger partial charge in [-0.05, 0) is 12.1 Å². The monoisotopic (exact) mass is 239 g/mol. The summed E-state index contributed by atoms with van der Waals surface area (Å²) in [6.07, 6.45) is 0. The van der Waals surface area contributed by atoms with Crippen LogP contribution in [0.5, 0.6) is 5.88 Å². The molecule has 0 bridgehead atoms. The highest BCUT2D eigenvalue weighted by atomic mass is 19.1. The topological polar surface area (TPSA) is 59.4 Å². The van der Waals surface area contributed by atoms with Gasteiger partial charge >= 0.3 is 5.97 Å². The zero-order chi connectivity index (χ0) is 12.6. The van der Waals surface area contributed by atoms with Crippen molar-refractivity contribution in [1.82, 2.24) is 4.98 Å². The number of methoxy groups -OCH3 is 1. The van der Waals surface area contributed by atoms with Crippen molar-refractivity contribution in [2.45, 2.75) is 0 Å². The zero-order valence-electron chi connectivity index (χ0n) is 8.70. The number of carbonyl (C=O) groups is 1. The van der Waals surface area contributed by atoms with Crippen LogP contribution in [0.3, 0.4) is 0 Å². The van der Waals surface area contributed by atoms with Crippen LogP contribution < -0.4 is 0 Å². The lowest BCUT2D eigenvalue weighted by Crippen LogP contribution is -2.05. The average Bonchev–Trinajstić information content (AvgIpc) is 2.31. The summed E-state index contributed by atoms with van der Waals surface area (Å²) in [6, 6.07) is 3.42. The molecule has 0 atom stereocenters. The summed E-state index contributed by atoms with van der Waals surface area (Å²) in [4.78, 5) is 14.6. The Morgan fingerprint density at radius 1 is 1.41 bits per heavy atom. The van der Waals surface area contributed by atoms with Crippen LogP contribution in [0.1, 0.15) is 10.4 Å². The smallest absolute Gasteiger partial charge is 0.340 e. The minimum atomic E-state index is -0.956. The Balaban J connectivity index is 2.75. The van der Waals surface area contributed by atoms with E-state index in [1.165, 1.54) is 12.1 Å². The van der Waals surface area contributed by atoms with Gasteiger partial charge in [0.1, 0.15) is 5.52 Å². The van der Waals surface area contributed by atoms with Crippen molar-refractivity contribution < 1.29 is 23.4 Å². The minimum absolute atomic E-state index is 0.144. The lowest BCUT2D eigenvalue weighted by atomic mass is 10.1. The normalized spacial score (nSPS) is 10.5. The van der Waals surface area contributed by atoms with E-state index in [2.05, 4.69) is 9.72 Å². The number of pyridine rings is 1. The highest BCUT2D eigenvalue weighted by molar-refractivity contribution is 5.94. The lowest BCUT2D eigenvalue weighted by molar-refractivity contribution is 0.0596. The van der Waals surface area contributed by atoms with Gasteiger partial charge in [-0.2, -0.15) is 0 Å². The Labute approximate surface area is 94.5 Å². The zero-order valence-corrected chi connectivity index (χ0v) is 8.70. The molecular weight excluding hydrogens is 232 g/mol. The van der Waals surface area contributed by atoms with Crippen molar-refractivity contribution in [1.29, 1.82) is 0 Å². The van der Waals surface area contributed by atoms with Crippen molar-refractivity contribution in [2.75, 3.05) is 7.11 Å². The van der Waals surface area contributed by atoms with Gasteiger partial charge in [0, 0.05) is 5.39 Å². The van der Waals surface area contributed by atoms with Crippen LogP contribution in [-0.4, -0.2) is 23.2 Å². The molecule has 1 heterocycles. The molecule has 0 amide bonds. The molecular formula is C11H7F2NO3. The van der Waals surface area contributed by atoms with E-state index in [1.54, 1.807) is 0 Å². The number of halogens is 2. The van der Waals surface area contributed by atoms with Crippen LogP contribution in [-0.2, 0) is 4.74 Å². The number of esters is 1. The van der Waals surface area contributed by atoms with Crippen molar-refractivity contribution in [3.8, 4) is 5.88 Å². The number of aromatic hydroxyl groups is 1. The average molecular weight is 239 g/mol. The fraction of sp³-hybridized carbons (Fsp3) is 0.0909. The molecule has 0 radical (unpaired) electrons. The largest absolute Gasteiger partial charge is 0.491 e. The standard InChI is InChI=1S/C11H7F2NO3/c1-17-11(16)6-3-2-5-4-7(12)10(15)14-9(5)8(6)13/h2-4H,1H3,(H,14,15). The van der Waals surface area contributed by atoms with E-state index >= 15 is 0 Å². The van der Waals surface area contributed by atoms with Crippen LogP contribution in [0, 0.1) is 11.6 Å². The number of benzene rings is 1. The lowest BCUT2D eigenvalue weighted by Gasteiger charge is -2.05. The molecule has 2 aromatic rings. The second-order valence-electron chi connectivity index (χ2n) is 3.28. The highest BCUT2D eigenvalue weighted by Crippen LogP contribution is 2.24. The third-order valence-corrected chi connectivity index (χ3v) is 2.27. The SMILES string of the molecule is COC(=O)c1ccc2cc(F)c(O)nc2c1F. The van der Waals surface area contributed by atoms with Gasteiger partial charge in [-0.3, -0.25) is 0 Å². The van der Waals surface area contributed by atoms with Gasteiger partial charge in [0.2, 0.25) is 5.88 Å². The van der Waals surface area contributed by atoms with Gasteiger partial charge in [-0.25, -0.2) is 18.6 Å². The molecule has 0 aliphatic carbocycles. The quantitative estimate of drug-likeness (QED) is 0.773. The maximum atomic E-state index is 13.8. The van der Waals surface area contributed by atoms with E-state index in [-0.39, 0.29) is 16.5 Å². The van der Waals surface area contributed by atoms with Crippen LogP contribution in [0.2, 0.25) is 0 Å². The molecule has 0 aliphatic rings. The van der Waals surface area contributed by atoms with E-state index in [1.807, 2.05) is 0 Å². The molecule has 0 unspecified atom stereocenters. The summed E-state index contributed by atoms with van der Waals surface area (Å²) in [7, 11) is 1.11. The molecule has 0 fully saturated rings. The first-order valence-electron chi connectivity index (χ1n) is 4.60. The van der Waals surface area contributed by atoms with E-state index in [4.69, 9.17) is 5.11 Å². The number of hydrogen-bond acceptors (Lipinski definition) is 4. The minimum Gasteiger partial charge on any atom is -0.491 e. The number of ether oxygens (including phenoxy) is 1. The molecule has 0 saturated heterocycles. The predicted molar refractivity (Wildman–Crippen MR) is 54.7 cm³/mol. The van der Waals surface area contributed by atoms with E-state index in [0.717, 1.165) is 13.2 Å². The van der Waals surface area contributed by atoms with Crippen LogP contribution in [0.25, 0.3) is 10.9 Å². The highest BCUT2D eigenvalue weighted by Gasteiger charge is 2.17. The summed E-state index contributed by atoms with van der Waals surface area (Å²) >= 11 is 0. The summed E-state index contributed by atoms with van der Waals surface area (Å²) in [5, 5.41) is 9.20. The summed E-state index contributed by atoms with van der Waals surface area (Å²) in [5.41, 5.74) is -0.606. The second kappa shape index (κ2) is 3.97. The van der Waals surface area contributed by atoms with Gasteiger partial charge < -0.3 is 9.84 Å². The third kappa shape index (κ3) is 1.77. The maximum Gasteiger partial charge on any atom is 0.340 e. The van der Waals surface area contributed by atoms with E-state index in [0.29, 0.717) is 0 Å². The van der Waals surface area contributed by atoms with Crippen molar-refractivity contribution in [3.05, 3.63) is 35.4 Å². The molecule has 88 valence electrons. The predicted octanol–water partition coefficient (Wildman–Crippen LogP) is 2.01. The Morgan fingerprint density at radius 2 is 2.12 bits per heavy atom. The first-order valence-corrected chi connectivity index (χ1v) is 4.60. The number of carbonyl (C=O) groups excluding carboxylic acids is 1. The van der Waals surface area contributed by atoms with Crippen LogP contribution in [0.4, 0.5) is 8.78 Å². The number of rotatable bonds is 1. The Kier molecular flexibility index (Phi) is 2.63. The molecule has 0 saturated carbocycles. The molecule has 17 heavy (non-hydrogen) atoms. The molecule has 0 aliphatic heterocycles. The molecule has 1 aromatic heterocycles. The molecule has 0 spiro atoms. The number of aromatic nitrogens is 1. The fourth-order valence-electron chi connectivity index (χ4n) is 1.44. The molecule has 1 N–H and O–H groups in total. The molecule has 6 heteroatoms. The number of fused-ring (bicyclic) bond motifs is 1. The Morgan fingerprint density at radius 3 is 2.76 bits per heavy atom. The maximum absolute atomic E-state index is 13.8. The first-order chi connectivity index (χ1) is 8.04. The van der Waals surface area contributed by atoms with E-state index < -0.39 is 23.5 Å². The van der Waals surface area contributed by atoms with Crippen LogP contribution >= 0.6 is 0 Å². The van der Waals surface area contributed by atoms with Gasteiger partial charge in [-0.15, -0.1) is 0 Å². The van der Waals surface area contributed by atoms with Crippen LogP contribution in [0.15, 0.2) is 18.2 Å². The van der Waals surface area contributed by atoms with Gasteiger partial charge in [0.25, 0.3) is 0 Å². The van der Waals surface area contributed by atoms with Gasteiger partial charge in [0.05, 0.1) is 12.7 Å². The van der Waals surface area contributed by atoms with Crippen molar-refractivity contribution in [3.63, 3.8) is 0 Å². The van der Waals surface area contributed by atoms with Crippen molar-refractivity contribution in [2.24, 2.45) is 0 Å². The van der Waals surface area contributed by atoms with E-state index in [9.17, 15) is 13.6 Å². The van der Waals surface area contributed by atoms with Crippen molar-refractivity contribution >= 4 is 16.9 Å². The Hall–Kier alpha value is -2.24. The second-order valence-corrected chi connectivity index (χ2v) is 3.28. The third-order valence-electron chi connectivity index (χ3n) is 2.27. The molecule has 4 nitrogen and oxygen atoms in total. The summed E-state index contributed by atoms with van der Waals surface area (Å²) in [5.74, 6) is -3.69. The van der Waals surface area contributed by atoms with Gasteiger partial charge in [-0.1, -0.05) is 6.07 Å². The summed E-state index contributed by atoms with van der Waals surface area (Å²) in [6.45, 7) is 0. The summed E-state index contributed by atoms with van der Waals surface area (Å²) < 4.78 is 31.2.